The molecule has 0 saturated heterocycles. The first-order valence-electron chi connectivity index (χ1n) is 11.4. The van der Waals surface area contributed by atoms with Crippen molar-refractivity contribution in [1.29, 1.82) is 0 Å². The van der Waals surface area contributed by atoms with Gasteiger partial charge < -0.3 is 9.84 Å². The quantitative estimate of drug-likeness (QED) is 0.530. The van der Waals surface area contributed by atoms with Gasteiger partial charge in [-0.2, -0.15) is 0 Å². The molecule has 5 rings (SSSR count). The van der Waals surface area contributed by atoms with E-state index in [1.165, 1.54) is 30.4 Å². The minimum atomic E-state index is -1.04. The van der Waals surface area contributed by atoms with Crippen LogP contribution in [0, 0.1) is 0 Å². The van der Waals surface area contributed by atoms with Crippen LogP contribution in [0.15, 0.2) is 72.8 Å². The number of carbonyl (C=O) groups is 2. The van der Waals surface area contributed by atoms with Gasteiger partial charge in [0.2, 0.25) is 0 Å². The third-order valence-corrected chi connectivity index (χ3v) is 6.81. The molecular formula is C28H27NO4. The number of hydrogen-bond acceptors (Lipinski definition) is 3. The van der Waals surface area contributed by atoms with E-state index in [0.717, 1.165) is 27.8 Å². The summed E-state index contributed by atoms with van der Waals surface area (Å²) < 4.78 is 5.67. The molecule has 2 aliphatic carbocycles. The minimum Gasteiger partial charge on any atom is -0.480 e. The molecule has 1 amide bonds. The van der Waals surface area contributed by atoms with Gasteiger partial charge in [0.15, 0.2) is 0 Å². The van der Waals surface area contributed by atoms with E-state index in [2.05, 4.69) is 36.4 Å². The second kappa shape index (κ2) is 8.74. The molecule has 0 aliphatic heterocycles. The number of rotatable bonds is 7. The molecule has 1 N–H and O–H groups in total. The molecule has 3 aromatic carbocycles. The molecule has 33 heavy (non-hydrogen) atoms. The molecule has 5 nitrogen and oxygen atoms in total. The van der Waals surface area contributed by atoms with Crippen molar-refractivity contribution in [3.05, 3.63) is 95.1 Å². The largest absolute Gasteiger partial charge is 0.480 e. The van der Waals surface area contributed by atoms with E-state index in [0.29, 0.717) is 5.92 Å². The van der Waals surface area contributed by atoms with Gasteiger partial charge in [0.05, 0.1) is 0 Å². The Bertz CT molecular complexity index is 1150. The normalized spacial score (nSPS) is 15.4. The highest BCUT2D eigenvalue weighted by Gasteiger charge is 2.32. The molecule has 1 fully saturated rings. The van der Waals surface area contributed by atoms with E-state index in [1.54, 1.807) is 0 Å². The lowest BCUT2D eigenvalue weighted by atomic mass is 9.98. The van der Waals surface area contributed by atoms with Gasteiger partial charge in [0, 0.05) is 19.4 Å². The molecule has 0 radical (unpaired) electrons. The zero-order valence-electron chi connectivity index (χ0n) is 18.6. The number of likely N-dealkylation sites (N-methyl/N-ethyl adjacent to an activating group) is 1. The van der Waals surface area contributed by atoms with Crippen LogP contribution in [-0.2, 0) is 16.0 Å². The summed E-state index contributed by atoms with van der Waals surface area (Å²) in [5, 5.41) is 9.84. The molecule has 168 valence electrons. The minimum absolute atomic E-state index is 0.0618. The predicted molar refractivity (Wildman–Crippen MR) is 126 cm³/mol. The topological polar surface area (TPSA) is 66.8 Å². The number of hydrogen-bond donors (Lipinski definition) is 1. The number of nitrogens with zero attached hydrogens (tertiary/aromatic N) is 1. The lowest BCUT2D eigenvalue weighted by molar-refractivity contribution is -0.142. The van der Waals surface area contributed by atoms with Gasteiger partial charge in [-0.3, -0.25) is 4.90 Å². The highest BCUT2D eigenvalue weighted by molar-refractivity contribution is 5.81. The van der Waals surface area contributed by atoms with Gasteiger partial charge in [-0.05, 0) is 52.1 Å². The number of carboxylic acids is 1. The van der Waals surface area contributed by atoms with Crippen molar-refractivity contribution in [3.63, 3.8) is 0 Å². The van der Waals surface area contributed by atoms with E-state index in [-0.39, 0.29) is 18.9 Å². The lowest BCUT2D eigenvalue weighted by Gasteiger charge is -2.25. The first-order chi connectivity index (χ1) is 16.0. The molecule has 0 heterocycles. The lowest BCUT2D eigenvalue weighted by Crippen LogP contribution is -2.44. The van der Waals surface area contributed by atoms with Crippen LogP contribution in [-0.4, -0.2) is 41.8 Å². The summed E-state index contributed by atoms with van der Waals surface area (Å²) >= 11 is 0. The van der Waals surface area contributed by atoms with Crippen molar-refractivity contribution < 1.29 is 19.4 Å². The van der Waals surface area contributed by atoms with Gasteiger partial charge in [-0.15, -0.1) is 0 Å². The van der Waals surface area contributed by atoms with Crippen molar-refractivity contribution in [2.75, 3.05) is 13.7 Å². The summed E-state index contributed by atoms with van der Waals surface area (Å²) in [5.74, 6) is -0.510. The van der Waals surface area contributed by atoms with Crippen LogP contribution in [0.1, 0.15) is 46.9 Å². The number of aliphatic carboxylic acids is 1. The average molecular weight is 442 g/mol. The number of ether oxygens (including phenoxy) is 1. The maximum absolute atomic E-state index is 12.9. The van der Waals surface area contributed by atoms with E-state index in [1.807, 2.05) is 36.4 Å². The SMILES string of the molecule is CN(C(=O)OCC1c2ccccc2-c2ccccc21)C(Cc1cccc(C2CC2)c1)C(=O)O. The first-order valence-corrected chi connectivity index (χ1v) is 11.4. The fraction of sp³-hybridized carbons (Fsp3) is 0.286. The molecular weight excluding hydrogens is 414 g/mol. The van der Waals surface area contributed by atoms with Crippen LogP contribution >= 0.6 is 0 Å². The second-order valence-electron chi connectivity index (χ2n) is 8.99. The van der Waals surface area contributed by atoms with E-state index in [4.69, 9.17) is 4.74 Å². The molecule has 0 bridgehead atoms. The predicted octanol–water partition coefficient (Wildman–Crippen LogP) is 5.44. The fourth-order valence-corrected chi connectivity index (χ4v) is 4.83. The Morgan fingerprint density at radius 2 is 1.61 bits per heavy atom. The third kappa shape index (κ3) is 4.23. The van der Waals surface area contributed by atoms with Crippen molar-refractivity contribution in [1.82, 2.24) is 4.90 Å². The van der Waals surface area contributed by atoms with Crippen LogP contribution in [0.4, 0.5) is 4.79 Å². The van der Waals surface area contributed by atoms with Crippen LogP contribution in [0.3, 0.4) is 0 Å². The summed E-state index contributed by atoms with van der Waals surface area (Å²) in [4.78, 5) is 26.1. The van der Waals surface area contributed by atoms with Crippen molar-refractivity contribution in [2.24, 2.45) is 0 Å². The van der Waals surface area contributed by atoms with Gasteiger partial charge >= 0.3 is 12.1 Å². The summed E-state index contributed by atoms with van der Waals surface area (Å²) in [6.45, 7) is 0.167. The molecule has 5 heteroatoms. The van der Waals surface area contributed by atoms with Crippen LogP contribution in [0.25, 0.3) is 11.1 Å². The summed E-state index contributed by atoms with van der Waals surface area (Å²) in [7, 11) is 1.50. The highest BCUT2D eigenvalue weighted by Crippen LogP contribution is 2.44. The number of carbonyl (C=O) groups excluding carboxylic acids is 1. The molecule has 2 aliphatic rings. The van der Waals surface area contributed by atoms with Gasteiger partial charge in [0.25, 0.3) is 0 Å². The Morgan fingerprint density at radius 3 is 2.21 bits per heavy atom. The smallest absolute Gasteiger partial charge is 0.410 e. The maximum Gasteiger partial charge on any atom is 0.410 e. The zero-order valence-corrected chi connectivity index (χ0v) is 18.6. The van der Waals surface area contributed by atoms with Gasteiger partial charge in [-0.25, -0.2) is 9.59 Å². The summed E-state index contributed by atoms with van der Waals surface area (Å²) in [6, 6.07) is 23.3. The van der Waals surface area contributed by atoms with E-state index in [9.17, 15) is 14.7 Å². The number of benzene rings is 3. The second-order valence-corrected chi connectivity index (χ2v) is 8.99. The molecule has 1 unspecified atom stereocenters. The van der Waals surface area contributed by atoms with Crippen LogP contribution in [0.5, 0.6) is 0 Å². The molecule has 3 aromatic rings. The van der Waals surface area contributed by atoms with E-state index >= 15 is 0 Å². The Morgan fingerprint density at radius 1 is 0.970 bits per heavy atom. The monoisotopic (exact) mass is 441 g/mol. The number of amides is 1. The first kappa shape index (κ1) is 21.3. The standard InChI is InChI=1S/C28H27NO4/c1-29(26(27(30)31)16-18-7-6-8-20(15-18)19-13-14-19)28(32)33-17-25-23-11-4-2-9-21(23)22-10-3-5-12-24(22)25/h2-12,15,19,25-26H,13-14,16-17H2,1H3,(H,30,31). The van der Waals surface area contributed by atoms with Crippen molar-refractivity contribution >= 4 is 12.1 Å². The molecule has 1 atom stereocenters. The Balaban J connectivity index is 1.29. The molecule has 0 spiro atoms. The van der Waals surface area contributed by atoms with Gasteiger partial charge in [0.1, 0.15) is 12.6 Å². The van der Waals surface area contributed by atoms with Crippen LogP contribution in [0.2, 0.25) is 0 Å². The molecule has 1 saturated carbocycles. The van der Waals surface area contributed by atoms with E-state index < -0.39 is 18.1 Å². The summed E-state index contributed by atoms with van der Waals surface area (Å²) in [5.41, 5.74) is 6.73. The van der Waals surface area contributed by atoms with Crippen LogP contribution < -0.4 is 0 Å². The van der Waals surface area contributed by atoms with Crippen molar-refractivity contribution in [3.8, 4) is 11.1 Å². The number of fused-ring (bicyclic) bond motifs is 3. The molecule has 0 aromatic heterocycles. The number of carboxylic acid groups (broad SMARTS) is 1. The summed E-state index contributed by atoms with van der Waals surface area (Å²) in [6.07, 6.45) is 2.00. The Kier molecular flexibility index (Phi) is 5.63. The van der Waals surface area contributed by atoms with Crippen molar-refractivity contribution in [2.45, 2.75) is 37.1 Å². The third-order valence-electron chi connectivity index (χ3n) is 6.81. The Labute approximate surface area is 193 Å². The average Bonchev–Trinajstić information content (AvgIpc) is 3.64. The Hall–Kier alpha value is -3.60. The maximum atomic E-state index is 12.9. The highest BCUT2D eigenvalue weighted by atomic mass is 16.6. The zero-order chi connectivity index (χ0) is 22.9. The fourth-order valence-electron chi connectivity index (χ4n) is 4.83. The van der Waals surface area contributed by atoms with Gasteiger partial charge in [-0.1, -0.05) is 72.8 Å².